The van der Waals surface area contributed by atoms with Crippen LogP contribution in [-0.2, 0) is 4.79 Å². The van der Waals surface area contributed by atoms with Crippen molar-refractivity contribution in [2.24, 2.45) is 0 Å². The van der Waals surface area contributed by atoms with E-state index in [2.05, 4.69) is 15.9 Å². The fourth-order valence-electron chi connectivity index (χ4n) is 3.72. The molecule has 2 atom stereocenters. The lowest BCUT2D eigenvalue weighted by molar-refractivity contribution is -0.118. The molecule has 0 aliphatic heterocycles. The molecule has 108 valence electrons. The average Bonchev–Trinajstić information content (AvgIpc) is 3.05. The molecule has 0 spiro atoms. The van der Waals surface area contributed by atoms with Crippen LogP contribution < -0.4 is 0 Å². The summed E-state index contributed by atoms with van der Waals surface area (Å²) in [4.78, 5) is 11.9. The zero-order chi connectivity index (χ0) is 14.9. The predicted molar refractivity (Wildman–Crippen MR) is 81.3 cm³/mol. The largest absolute Gasteiger partial charge is 0.494 e. The van der Waals surface area contributed by atoms with Crippen molar-refractivity contribution < 1.29 is 15.0 Å². The minimum atomic E-state index is -0.242. The van der Waals surface area contributed by atoms with Crippen molar-refractivity contribution in [2.45, 2.75) is 31.6 Å². The molecule has 1 fully saturated rings. The Balaban J connectivity index is 1.94. The SMILES string of the molecule is Cc1cc(-n2c(O)c3c(c2O)C2CC3CC2=O)ccc1Br. The molecule has 2 N–H and O–H groups in total. The number of benzene rings is 1. The van der Waals surface area contributed by atoms with Crippen LogP contribution in [0, 0.1) is 6.92 Å². The van der Waals surface area contributed by atoms with Crippen molar-refractivity contribution in [3.05, 3.63) is 39.4 Å². The fourth-order valence-corrected chi connectivity index (χ4v) is 3.97. The van der Waals surface area contributed by atoms with E-state index < -0.39 is 0 Å². The summed E-state index contributed by atoms with van der Waals surface area (Å²) in [5, 5.41) is 21.1. The van der Waals surface area contributed by atoms with Crippen LogP contribution in [0.3, 0.4) is 0 Å². The number of aryl methyl sites for hydroxylation is 1. The van der Waals surface area contributed by atoms with E-state index in [-0.39, 0.29) is 29.4 Å². The number of aromatic hydroxyl groups is 2. The molecule has 0 amide bonds. The highest BCUT2D eigenvalue weighted by molar-refractivity contribution is 9.10. The maximum atomic E-state index is 11.9. The summed E-state index contributed by atoms with van der Waals surface area (Å²) < 4.78 is 2.42. The number of nitrogens with zero attached hydrogens (tertiary/aromatic N) is 1. The van der Waals surface area contributed by atoms with Crippen LogP contribution in [-0.4, -0.2) is 20.6 Å². The summed E-state index contributed by atoms with van der Waals surface area (Å²) in [6.45, 7) is 1.95. The van der Waals surface area contributed by atoms with Crippen molar-refractivity contribution in [1.82, 2.24) is 4.57 Å². The quantitative estimate of drug-likeness (QED) is 0.829. The number of halogens is 1. The summed E-state index contributed by atoms with van der Waals surface area (Å²) in [6.07, 6.45) is 1.21. The van der Waals surface area contributed by atoms with Gasteiger partial charge in [-0.15, -0.1) is 0 Å². The Morgan fingerprint density at radius 1 is 1.24 bits per heavy atom. The Kier molecular flexibility index (Phi) is 2.55. The molecule has 21 heavy (non-hydrogen) atoms. The molecule has 4 nitrogen and oxygen atoms in total. The minimum absolute atomic E-state index is 0.00442. The topological polar surface area (TPSA) is 62.5 Å². The first-order valence-corrected chi connectivity index (χ1v) is 7.74. The maximum Gasteiger partial charge on any atom is 0.202 e. The van der Waals surface area contributed by atoms with Gasteiger partial charge < -0.3 is 10.2 Å². The first kappa shape index (κ1) is 13.0. The number of rotatable bonds is 1. The summed E-state index contributed by atoms with van der Waals surface area (Å²) in [5.74, 6) is 0.0656. The molecule has 1 saturated carbocycles. The maximum absolute atomic E-state index is 11.9. The van der Waals surface area contributed by atoms with Gasteiger partial charge in [-0.05, 0) is 43.0 Å². The van der Waals surface area contributed by atoms with E-state index in [4.69, 9.17) is 0 Å². The number of carbonyl (C=O) groups excluding carboxylic acids is 1. The zero-order valence-electron chi connectivity index (χ0n) is 11.4. The number of hydrogen-bond acceptors (Lipinski definition) is 3. The third-order valence-electron chi connectivity index (χ3n) is 4.71. The molecular formula is C16H14BrNO3. The lowest BCUT2D eigenvalue weighted by atomic mass is 9.94. The highest BCUT2D eigenvalue weighted by atomic mass is 79.9. The lowest BCUT2D eigenvalue weighted by Crippen LogP contribution is -2.07. The van der Waals surface area contributed by atoms with E-state index in [0.29, 0.717) is 17.7 Å². The van der Waals surface area contributed by atoms with E-state index in [1.165, 1.54) is 4.57 Å². The Hall–Kier alpha value is -1.75. The van der Waals surface area contributed by atoms with Crippen molar-refractivity contribution >= 4 is 21.7 Å². The highest BCUT2D eigenvalue weighted by Crippen LogP contribution is 2.58. The number of carbonyl (C=O) groups is 1. The second-order valence-electron chi connectivity index (χ2n) is 5.90. The van der Waals surface area contributed by atoms with Gasteiger partial charge in [-0.3, -0.25) is 9.36 Å². The first-order valence-electron chi connectivity index (χ1n) is 6.94. The second kappa shape index (κ2) is 4.13. The van der Waals surface area contributed by atoms with E-state index >= 15 is 0 Å². The average molecular weight is 348 g/mol. The zero-order valence-corrected chi connectivity index (χ0v) is 13.0. The molecule has 1 heterocycles. The number of aromatic nitrogens is 1. The molecular weight excluding hydrogens is 334 g/mol. The van der Waals surface area contributed by atoms with Crippen LogP contribution in [0.2, 0.25) is 0 Å². The smallest absolute Gasteiger partial charge is 0.202 e. The van der Waals surface area contributed by atoms with Gasteiger partial charge >= 0.3 is 0 Å². The van der Waals surface area contributed by atoms with E-state index in [1.807, 2.05) is 25.1 Å². The second-order valence-corrected chi connectivity index (χ2v) is 6.75. The molecule has 2 bridgehead atoms. The van der Waals surface area contributed by atoms with Crippen LogP contribution in [0.5, 0.6) is 11.8 Å². The molecule has 1 aromatic heterocycles. The Morgan fingerprint density at radius 3 is 2.67 bits per heavy atom. The van der Waals surface area contributed by atoms with Crippen molar-refractivity contribution in [3.8, 4) is 17.4 Å². The Labute approximate surface area is 130 Å². The standard InChI is InChI=1S/C16H14BrNO3/c1-7-4-9(2-3-11(7)17)18-15(20)13-8-5-10(12(19)6-8)14(13)16(18)21/h2-4,8,10,20-21H,5-6H2,1H3. The van der Waals surface area contributed by atoms with Crippen LogP contribution in [0.1, 0.15) is 41.4 Å². The molecule has 2 aliphatic carbocycles. The molecule has 4 rings (SSSR count). The van der Waals surface area contributed by atoms with Gasteiger partial charge in [0.25, 0.3) is 0 Å². The third kappa shape index (κ3) is 1.58. The number of hydrogen-bond donors (Lipinski definition) is 2. The lowest BCUT2D eigenvalue weighted by Gasteiger charge is -2.10. The summed E-state index contributed by atoms with van der Waals surface area (Å²) in [7, 11) is 0. The summed E-state index contributed by atoms with van der Waals surface area (Å²) in [6, 6.07) is 5.60. The van der Waals surface area contributed by atoms with Crippen LogP contribution in [0.15, 0.2) is 22.7 Å². The monoisotopic (exact) mass is 347 g/mol. The molecule has 0 saturated heterocycles. The van der Waals surface area contributed by atoms with Crippen molar-refractivity contribution in [3.63, 3.8) is 0 Å². The molecule has 2 unspecified atom stereocenters. The fraction of sp³-hybridized carbons (Fsp3) is 0.312. The van der Waals surface area contributed by atoms with Gasteiger partial charge in [0.05, 0.1) is 5.69 Å². The Morgan fingerprint density at radius 2 is 1.95 bits per heavy atom. The van der Waals surface area contributed by atoms with Gasteiger partial charge in [0.1, 0.15) is 5.78 Å². The highest BCUT2D eigenvalue weighted by Gasteiger charge is 2.49. The van der Waals surface area contributed by atoms with Gasteiger partial charge in [0.2, 0.25) is 11.8 Å². The van der Waals surface area contributed by atoms with E-state index in [0.717, 1.165) is 22.0 Å². The van der Waals surface area contributed by atoms with Gasteiger partial charge in [-0.2, -0.15) is 0 Å². The van der Waals surface area contributed by atoms with Gasteiger partial charge in [-0.25, -0.2) is 0 Å². The van der Waals surface area contributed by atoms with Crippen LogP contribution >= 0.6 is 15.9 Å². The van der Waals surface area contributed by atoms with E-state index in [9.17, 15) is 15.0 Å². The molecule has 5 heteroatoms. The van der Waals surface area contributed by atoms with Gasteiger partial charge in [0, 0.05) is 27.9 Å². The first-order chi connectivity index (χ1) is 9.99. The van der Waals surface area contributed by atoms with Crippen molar-refractivity contribution in [1.29, 1.82) is 0 Å². The van der Waals surface area contributed by atoms with Gasteiger partial charge in [-0.1, -0.05) is 15.9 Å². The molecule has 1 aromatic carbocycles. The molecule has 0 radical (unpaired) electrons. The van der Waals surface area contributed by atoms with Crippen LogP contribution in [0.4, 0.5) is 0 Å². The van der Waals surface area contributed by atoms with E-state index in [1.54, 1.807) is 0 Å². The molecule has 2 aliphatic rings. The van der Waals surface area contributed by atoms with Crippen molar-refractivity contribution in [2.75, 3.05) is 0 Å². The summed E-state index contributed by atoms with van der Waals surface area (Å²) in [5.41, 5.74) is 3.11. The predicted octanol–water partition coefficient (Wildman–Crippen LogP) is 3.50. The third-order valence-corrected chi connectivity index (χ3v) is 5.60. The number of fused-ring (bicyclic) bond motifs is 5. The minimum Gasteiger partial charge on any atom is -0.494 e. The van der Waals surface area contributed by atoms with Gasteiger partial charge in [0.15, 0.2) is 0 Å². The normalized spacial score (nSPS) is 22.9. The number of Topliss-reactive ketones (excluding diaryl/α,β-unsaturated/α-hetero) is 1. The summed E-state index contributed by atoms with van der Waals surface area (Å²) >= 11 is 3.44. The molecule has 2 aromatic rings. The van der Waals surface area contributed by atoms with Crippen LogP contribution in [0.25, 0.3) is 5.69 Å². The Bertz CT molecular complexity index is 793. The number of ketones is 1.